The minimum Gasteiger partial charge on any atom is -0.415 e. The van der Waals surface area contributed by atoms with Gasteiger partial charge in [-0.3, -0.25) is 0 Å². The van der Waals surface area contributed by atoms with E-state index in [-0.39, 0.29) is 0 Å². The Hall–Kier alpha value is 0.657. The van der Waals surface area contributed by atoms with E-state index in [0.717, 1.165) is 5.33 Å². The van der Waals surface area contributed by atoms with Crippen molar-refractivity contribution in [3.8, 4) is 0 Å². The Morgan fingerprint density at radius 3 is 2.33 bits per heavy atom. The Kier molecular flexibility index (Phi) is 6.50. The van der Waals surface area contributed by atoms with Crippen LogP contribution in [-0.4, -0.2) is 19.8 Å². The van der Waals surface area contributed by atoms with Crippen LogP contribution in [0.5, 0.6) is 0 Å². The lowest BCUT2D eigenvalue weighted by Crippen LogP contribution is -2.36. The van der Waals surface area contributed by atoms with E-state index in [9.17, 15) is 0 Å². The molecule has 0 spiro atoms. The molecule has 0 rings (SSSR count). The number of hydrogen-bond donors (Lipinski definition) is 0. The zero-order valence-electron chi connectivity index (χ0n) is 8.69. The van der Waals surface area contributed by atoms with Crippen molar-refractivity contribution in [2.24, 2.45) is 0 Å². The van der Waals surface area contributed by atoms with E-state index in [4.69, 9.17) is 4.43 Å². The van der Waals surface area contributed by atoms with Crippen LogP contribution in [0.1, 0.15) is 27.2 Å². The molecule has 0 N–H and O–H groups in total. The maximum absolute atomic E-state index is 6.01. The summed E-state index contributed by atoms with van der Waals surface area (Å²) in [6.07, 6.45) is 1.65. The summed E-state index contributed by atoms with van der Waals surface area (Å²) in [6, 6.07) is 2.52. The molecule has 0 fully saturated rings. The SMILES string of the molecule is CC[Si](C)(CCCBr)OC(C)C. The zero-order valence-corrected chi connectivity index (χ0v) is 11.3. The predicted molar refractivity (Wildman–Crippen MR) is 61.5 cm³/mol. The molecular formula is C9H21BrOSi. The summed E-state index contributed by atoms with van der Waals surface area (Å²) in [5.41, 5.74) is 0. The second-order valence-electron chi connectivity index (χ2n) is 3.76. The lowest BCUT2D eigenvalue weighted by Gasteiger charge is -2.28. The Bertz CT molecular complexity index is 119. The summed E-state index contributed by atoms with van der Waals surface area (Å²) in [7, 11) is -1.34. The lowest BCUT2D eigenvalue weighted by atomic mass is 10.5. The molecule has 0 saturated carbocycles. The van der Waals surface area contributed by atoms with Gasteiger partial charge in [0.25, 0.3) is 0 Å². The van der Waals surface area contributed by atoms with Crippen LogP contribution in [0.3, 0.4) is 0 Å². The van der Waals surface area contributed by atoms with Crippen LogP contribution in [0.4, 0.5) is 0 Å². The maximum atomic E-state index is 6.01. The quantitative estimate of drug-likeness (QED) is 0.517. The molecule has 0 radical (unpaired) electrons. The number of alkyl halides is 1. The first kappa shape index (κ1) is 12.7. The van der Waals surface area contributed by atoms with E-state index in [1.807, 2.05) is 0 Å². The number of hydrogen-bond acceptors (Lipinski definition) is 1. The minimum atomic E-state index is -1.34. The standard InChI is InChI=1S/C9H21BrOSi/c1-5-12(4,8-6-7-10)11-9(2)3/h9H,5-8H2,1-4H3. The predicted octanol–water partition coefficient (Wildman–Crippen LogP) is 3.79. The van der Waals surface area contributed by atoms with Crippen LogP contribution in [-0.2, 0) is 4.43 Å². The molecule has 12 heavy (non-hydrogen) atoms. The highest BCUT2D eigenvalue weighted by atomic mass is 79.9. The summed E-state index contributed by atoms with van der Waals surface area (Å²) in [6.45, 7) is 8.86. The van der Waals surface area contributed by atoms with Gasteiger partial charge in [0.2, 0.25) is 0 Å². The van der Waals surface area contributed by atoms with E-state index in [1.54, 1.807) is 0 Å². The van der Waals surface area contributed by atoms with Gasteiger partial charge in [-0.1, -0.05) is 22.9 Å². The van der Waals surface area contributed by atoms with E-state index in [0.29, 0.717) is 6.10 Å². The van der Waals surface area contributed by atoms with Crippen molar-refractivity contribution in [1.29, 1.82) is 0 Å². The first-order valence-electron chi connectivity index (χ1n) is 4.78. The van der Waals surface area contributed by atoms with E-state index in [1.165, 1.54) is 18.5 Å². The highest BCUT2D eigenvalue weighted by Gasteiger charge is 2.26. The van der Waals surface area contributed by atoms with Crippen molar-refractivity contribution in [3.05, 3.63) is 0 Å². The third-order valence-corrected chi connectivity index (χ3v) is 6.62. The molecule has 1 unspecified atom stereocenters. The van der Waals surface area contributed by atoms with Gasteiger partial charge in [0.1, 0.15) is 0 Å². The summed E-state index contributed by atoms with van der Waals surface area (Å²) in [5, 5.41) is 1.11. The third-order valence-electron chi connectivity index (χ3n) is 2.11. The fourth-order valence-electron chi connectivity index (χ4n) is 1.33. The van der Waals surface area contributed by atoms with Crippen molar-refractivity contribution in [1.82, 2.24) is 0 Å². The first-order valence-corrected chi connectivity index (χ1v) is 8.72. The van der Waals surface area contributed by atoms with Crippen LogP contribution in [0, 0.1) is 0 Å². The van der Waals surface area contributed by atoms with E-state index < -0.39 is 8.32 Å². The van der Waals surface area contributed by atoms with Crippen molar-refractivity contribution < 1.29 is 4.43 Å². The molecule has 1 atom stereocenters. The molecule has 0 saturated heterocycles. The summed E-state index contributed by atoms with van der Waals surface area (Å²) in [5.74, 6) is 0. The molecule has 0 aromatic carbocycles. The summed E-state index contributed by atoms with van der Waals surface area (Å²) in [4.78, 5) is 0. The van der Waals surface area contributed by atoms with Crippen molar-refractivity contribution >= 4 is 24.2 Å². The molecule has 0 bridgehead atoms. The Morgan fingerprint density at radius 1 is 1.42 bits per heavy atom. The van der Waals surface area contributed by atoms with Gasteiger partial charge in [0.15, 0.2) is 8.32 Å². The smallest absolute Gasteiger partial charge is 0.189 e. The first-order chi connectivity index (χ1) is 5.54. The molecular weight excluding hydrogens is 232 g/mol. The molecule has 0 amide bonds. The van der Waals surface area contributed by atoms with Crippen LogP contribution in [0.15, 0.2) is 0 Å². The molecule has 0 aliphatic rings. The Morgan fingerprint density at radius 2 is 2.00 bits per heavy atom. The van der Waals surface area contributed by atoms with Gasteiger partial charge in [-0.05, 0) is 38.9 Å². The van der Waals surface area contributed by atoms with Crippen LogP contribution >= 0.6 is 15.9 Å². The second-order valence-corrected chi connectivity index (χ2v) is 8.90. The monoisotopic (exact) mass is 252 g/mol. The van der Waals surface area contributed by atoms with Gasteiger partial charge in [-0.2, -0.15) is 0 Å². The van der Waals surface area contributed by atoms with Crippen molar-refractivity contribution in [3.63, 3.8) is 0 Å². The summed E-state index contributed by atoms with van der Waals surface area (Å²) < 4.78 is 6.01. The zero-order chi connectivity index (χ0) is 9.61. The molecule has 0 heterocycles. The molecule has 1 nitrogen and oxygen atoms in total. The second kappa shape index (κ2) is 6.16. The average molecular weight is 253 g/mol. The topological polar surface area (TPSA) is 9.23 Å². The lowest BCUT2D eigenvalue weighted by molar-refractivity contribution is 0.228. The Labute approximate surface area is 86.1 Å². The maximum Gasteiger partial charge on any atom is 0.189 e. The number of rotatable bonds is 6. The molecule has 0 aliphatic heterocycles. The fourth-order valence-corrected chi connectivity index (χ4v) is 4.83. The molecule has 0 aromatic rings. The van der Waals surface area contributed by atoms with Gasteiger partial charge in [-0.25, -0.2) is 0 Å². The van der Waals surface area contributed by atoms with Gasteiger partial charge >= 0.3 is 0 Å². The third kappa shape index (κ3) is 5.33. The van der Waals surface area contributed by atoms with E-state index >= 15 is 0 Å². The molecule has 0 aliphatic carbocycles. The largest absolute Gasteiger partial charge is 0.415 e. The van der Waals surface area contributed by atoms with Gasteiger partial charge in [0, 0.05) is 11.4 Å². The highest BCUT2D eigenvalue weighted by Crippen LogP contribution is 2.21. The highest BCUT2D eigenvalue weighted by molar-refractivity contribution is 9.09. The van der Waals surface area contributed by atoms with Crippen molar-refractivity contribution in [2.75, 3.05) is 5.33 Å². The minimum absolute atomic E-state index is 0.400. The van der Waals surface area contributed by atoms with Gasteiger partial charge in [0.05, 0.1) is 0 Å². The van der Waals surface area contributed by atoms with Crippen molar-refractivity contribution in [2.45, 2.75) is 51.9 Å². The molecule has 3 heteroatoms. The molecule has 74 valence electrons. The van der Waals surface area contributed by atoms with Crippen LogP contribution in [0.2, 0.25) is 18.6 Å². The van der Waals surface area contributed by atoms with Gasteiger partial charge < -0.3 is 4.43 Å². The molecule has 0 aromatic heterocycles. The summed E-state index contributed by atoms with van der Waals surface area (Å²) >= 11 is 3.46. The average Bonchev–Trinajstić information content (AvgIpc) is 2.00. The van der Waals surface area contributed by atoms with E-state index in [2.05, 4.69) is 43.2 Å². The van der Waals surface area contributed by atoms with Crippen LogP contribution in [0.25, 0.3) is 0 Å². The van der Waals surface area contributed by atoms with Gasteiger partial charge in [-0.15, -0.1) is 0 Å². The normalized spacial score (nSPS) is 16.5. The van der Waals surface area contributed by atoms with Crippen LogP contribution < -0.4 is 0 Å². The Balaban J connectivity index is 3.86. The number of halogens is 1. The fraction of sp³-hybridized carbons (Fsp3) is 1.00.